The smallest absolute Gasteiger partial charge is 0.148 e. The summed E-state index contributed by atoms with van der Waals surface area (Å²) in [6.07, 6.45) is 2.29. The fourth-order valence-electron chi connectivity index (χ4n) is 2.16. The van der Waals surface area contributed by atoms with E-state index in [0.717, 1.165) is 30.2 Å². The Morgan fingerprint density at radius 3 is 2.56 bits per heavy atom. The first-order valence-electron chi connectivity index (χ1n) is 6.33. The lowest BCUT2D eigenvalue weighted by molar-refractivity contribution is 0.613. The van der Waals surface area contributed by atoms with E-state index >= 15 is 0 Å². The van der Waals surface area contributed by atoms with Crippen LogP contribution in [0.25, 0.3) is 5.69 Å². The van der Waals surface area contributed by atoms with Gasteiger partial charge in [-0.2, -0.15) is 0 Å². The van der Waals surface area contributed by atoms with E-state index in [1.807, 2.05) is 18.2 Å². The van der Waals surface area contributed by atoms with Gasteiger partial charge in [-0.3, -0.25) is 4.57 Å². The molecule has 1 unspecified atom stereocenters. The van der Waals surface area contributed by atoms with Crippen molar-refractivity contribution >= 4 is 15.9 Å². The van der Waals surface area contributed by atoms with Crippen molar-refractivity contribution in [3.05, 3.63) is 42.0 Å². The summed E-state index contributed by atoms with van der Waals surface area (Å²) < 4.78 is 2.16. The van der Waals surface area contributed by atoms with E-state index in [1.165, 1.54) is 0 Å². The zero-order valence-corrected chi connectivity index (χ0v) is 12.4. The van der Waals surface area contributed by atoms with E-state index in [4.69, 9.17) is 0 Å². The number of benzene rings is 1. The van der Waals surface area contributed by atoms with Crippen LogP contribution < -0.4 is 0 Å². The van der Waals surface area contributed by atoms with E-state index in [1.54, 1.807) is 0 Å². The van der Waals surface area contributed by atoms with Crippen molar-refractivity contribution in [3.63, 3.8) is 0 Å². The van der Waals surface area contributed by atoms with Crippen LogP contribution >= 0.6 is 15.9 Å². The van der Waals surface area contributed by atoms with Gasteiger partial charge in [-0.25, -0.2) is 0 Å². The zero-order chi connectivity index (χ0) is 13.0. The molecular formula is C14H18BrN3. The van der Waals surface area contributed by atoms with E-state index in [2.05, 4.69) is 56.7 Å². The Kier molecular flexibility index (Phi) is 4.53. The predicted molar refractivity (Wildman–Crippen MR) is 77.3 cm³/mol. The molecule has 0 saturated heterocycles. The van der Waals surface area contributed by atoms with Crippen molar-refractivity contribution in [1.82, 2.24) is 14.8 Å². The fourth-order valence-corrected chi connectivity index (χ4v) is 2.52. The minimum Gasteiger partial charge on any atom is -0.282 e. The number of nitrogens with zero attached hydrogens (tertiary/aromatic N) is 3. The molecule has 0 aliphatic heterocycles. The van der Waals surface area contributed by atoms with Crippen LogP contribution in [0.2, 0.25) is 0 Å². The Hall–Kier alpha value is -1.16. The molecule has 0 aliphatic rings. The SMILES string of the molecule is CCCC(C)c1nnc(CBr)n1-c1ccccc1. The highest BCUT2D eigenvalue weighted by Crippen LogP contribution is 2.24. The summed E-state index contributed by atoms with van der Waals surface area (Å²) in [5.41, 5.74) is 1.13. The third-order valence-corrected chi connectivity index (χ3v) is 3.55. The number of alkyl halides is 1. The topological polar surface area (TPSA) is 30.7 Å². The van der Waals surface area contributed by atoms with Crippen molar-refractivity contribution < 1.29 is 0 Å². The maximum absolute atomic E-state index is 4.36. The van der Waals surface area contributed by atoms with Crippen LogP contribution in [0.3, 0.4) is 0 Å². The molecule has 0 aliphatic carbocycles. The van der Waals surface area contributed by atoms with Crippen LogP contribution in [-0.2, 0) is 5.33 Å². The van der Waals surface area contributed by atoms with Crippen LogP contribution in [0.1, 0.15) is 44.3 Å². The normalized spacial score (nSPS) is 12.6. The van der Waals surface area contributed by atoms with E-state index in [-0.39, 0.29) is 0 Å². The first-order valence-corrected chi connectivity index (χ1v) is 7.45. The standard InChI is InChI=1S/C14H18BrN3/c1-3-7-11(2)14-17-16-13(10-15)18(14)12-8-5-4-6-9-12/h4-6,8-9,11H,3,7,10H2,1-2H3. The van der Waals surface area contributed by atoms with Gasteiger partial charge in [0.1, 0.15) is 11.6 Å². The van der Waals surface area contributed by atoms with Gasteiger partial charge >= 0.3 is 0 Å². The third-order valence-electron chi connectivity index (χ3n) is 3.05. The Morgan fingerprint density at radius 2 is 1.94 bits per heavy atom. The Bertz CT molecular complexity index is 493. The molecule has 1 heterocycles. The number of hydrogen-bond donors (Lipinski definition) is 0. The second-order valence-corrected chi connectivity index (χ2v) is 5.03. The molecule has 0 N–H and O–H groups in total. The van der Waals surface area contributed by atoms with Crippen LogP contribution in [0.15, 0.2) is 30.3 Å². The molecule has 0 fully saturated rings. The molecule has 1 atom stereocenters. The van der Waals surface area contributed by atoms with Crippen molar-refractivity contribution in [2.45, 2.75) is 37.9 Å². The van der Waals surface area contributed by atoms with E-state index < -0.39 is 0 Å². The van der Waals surface area contributed by atoms with Crippen LogP contribution in [0, 0.1) is 0 Å². The summed E-state index contributed by atoms with van der Waals surface area (Å²) in [5.74, 6) is 2.44. The molecule has 0 bridgehead atoms. The molecule has 1 aromatic carbocycles. The first-order chi connectivity index (χ1) is 8.77. The predicted octanol–water partition coefficient (Wildman–Crippen LogP) is 4.07. The largest absolute Gasteiger partial charge is 0.282 e. The number of hydrogen-bond acceptors (Lipinski definition) is 2. The molecule has 1 aromatic heterocycles. The molecule has 2 rings (SSSR count). The summed E-state index contributed by atoms with van der Waals surface area (Å²) >= 11 is 3.48. The molecule has 0 radical (unpaired) electrons. The maximum atomic E-state index is 4.36. The highest BCUT2D eigenvalue weighted by Gasteiger charge is 2.17. The second kappa shape index (κ2) is 6.14. The summed E-state index contributed by atoms with van der Waals surface area (Å²) in [6.45, 7) is 4.41. The third kappa shape index (κ3) is 2.64. The highest BCUT2D eigenvalue weighted by atomic mass is 79.9. The monoisotopic (exact) mass is 307 g/mol. The summed E-state index contributed by atoms with van der Waals surface area (Å²) in [5, 5.41) is 9.36. The fraction of sp³-hybridized carbons (Fsp3) is 0.429. The molecular weight excluding hydrogens is 290 g/mol. The minimum absolute atomic E-state index is 0.426. The first kappa shape index (κ1) is 13.3. The molecule has 0 spiro atoms. The molecule has 96 valence electrons. The Morgan fingerprint density at radius 1 is 1.22 bits per heavy atom. The molecule has 4 heteroatoms. The van der Waals surface area contributed by atoms with Crippen molar-refractivity contribution in [3.8, 4) is 5.69 Å². The van der Waals surface area contributed by atoms with Crippen LogP contribution in [0.4, 0.5) is 0 Å². The lowest BCUT2D eigenvalue weighted by Gasteiger charge is -2.13. The number of aromatic nitrogens is 3. The number of halogens is 1. The van der Waals surface area contributed by atoms with Gasteiger partial charge in [0.2, 0.25) is 0 Å². The zero-order valence-electron chi connectivity index (χ0n) is 10.8. The van der Waals surface area contributed by atoms with Crippen molar-refractivity contribution in [1.29, 1.82) is 0 Å². The van der Waals surface area contributed by atoms with Gasteiger partial charge in [-0.1, -0.05) is 54.4 Å². The average Bonchev–Trinajstić information content (AvgIpc) is 2.83. The van der Waals surface area contributed by atoms with Gasteiger partial charge < -0.3 is 0 Å². The molecule has 18 heavy (non-hydrogen) atoms. The van der Waals surface area contributed by atoms with E-state index in [9.17, 15) is 0 Å². The summed E-state index contributed by atoms with van der Waals surface area (Å²) in [7, 11) is 0. The highest BCUT2D eigenvalue weighted by molar-refractivity contribution is 9.08. The summed E-state index contributed by atoms with van der Waals surface area (Å²) in [4.78, 5) is 0. The van der Waals surface area contributed by atoms with E-state index in [0.29, 0.717) is 11.2 Å². The molecule has 0 amide bonds. The van der Waals surface area contributed by atoms with Gasteiger partial charge in [-0.05, 0) is 18.6 Å². The maximum Gasteiger partial charge on any atom is 0.148 e. The molecule has 3 nitrogen and oxygen atoms in total. The Labute approximate surface area is 116 Å². The lowest BCUT2D eigenvalue weighted by atomic mass is 10.1. The van der Waals surface area contributed by atoms with Gasteiger partial charge in [0.25, 0.3) is 0 Å². The lowest BCUT2D eigenvalue weighted by Crippen LogP contribution is -2.07. The average molecular weight is 308 g/mol. The minimum atomic E-state index is 0.426. The summed E-state index contributed by atoms with van der Waals surface area (Å²) in [6, 6.07) is 10.3. The van der Waals surface area contributed by atoms with Crippen molar-refractivity contribution in [2.24, 2.45) is 0 Å². The molecule has 0 saturated carbocycles. The Balaban J connectivity index is 2.46. The number of para-hydroxylation sites is 1. The van der Waals surface area contributed by atoms with Gasteiger partial charge in [0.15, 0.2) is 0 Å². The quantitative estimate of drug-likeness (QED) is 0.780. The van der Waals surface area contributed by atoms with Crippen LogP contribution in [0.5, 0.6) is 0 Å². The van der Waals surface area contributed by atoms with Crippen molar-refractivity contribution in [2.75, 3.05) is 0 Å². The second-order valence-electron chi connectivity index (χ2n) is 4.47. The van der Waals surface area contributed by atoms with Gasteiger partial charge in [0, 0.05) is 11.6 Å². The molecule has 2 aromatic rings. The van der Waals surface area contributed by atoms with Gasteiger partial charge in [-0.15, -0.1) is 10.2 Å². The van der Waals surface area contributed by atoms with Crippen LogP contribution in [-0.4, -0.2) is 14.8 Å². The van der Waals surface area contributed by atoms with Gasteiger partial charge in [0.05, 0.1) is 5.33 Å². The number of rotatable bonds is 5.